The number of nitriles is 1. The van der Waals surface area contributed by atoms with Gasteiger partial charge in [-0.25, -0.2) is 4.98 Å². The number of aryl methyl sites for hydroxylation is 1. The SMILES string of the molecule is COc1ccc(-c2c(C#N)c(Oc3ccc4c(c3)OCO4)nc(C)c2C=CCNC(=O)c2ccncc2)cc1. The first-order valence-corrected chi connectivity index (χ1v) is 12.1. The summed E-state index contributed by atoms with van der Waals surface area (Å²) in [6, 6.07) is 18.2. The third kappa shape index (κ3) is 5.50. The largest absolute Gasteiger partial charge is 0.497 e. The van der Waals surface area contributed by atoms with E-state index in [4.69, 9.17) is 18.9 Å². The maximum atomic E-state index is 12.4. The average molecular weight is 521 g/mol. The molecule has 0 radical (unpaired) electrons. The van der Waals surface area contributed by atoms with Crippen molar-refractivity contribution in [3.63, 3.8) is 0 Å². The third-order valence-electron chi connectivity index (χ3n) is 6.05. The molecule has 39 heavy (non-hydrogen) atoms. The molecule has 4 aromatic rings. The first-order valence-electron chi connectivity index (χ1n) is 12.1. The molecule has 1 amide bonds. The average Bonchev–Trinajstić information content (AvgIpc) is 3.44. The highest BCUT2D eigenvalue weighted by Crippen LogP contribution is 2.40. The Morgan fingerprint density at radius 3 is 2.56 bits per heavy atom. The molecule has 0 aliphatic carbocycles. The summed E-state index contributed by atoms with van der Waals surface area (Å²) in [5.74, 6) is 2.30. The molecule has 0 saturated heterocycles. The van der Waals surface area contributed by atoms with Gasteiger partial charge in [0.1, 0.15) is 23.1 Å². The van der Waals surface area contributed by atoms with Crippen LogP contribution in [-0.2, 0) is 0 Å². The molecule has 9 nitrogen and oxygen atoms in total. The number of nitrogens with zero attached hydrogens (tertiary/aromatic N) is 3. The van der Waals surface area contributed by atoms with Gasteiger partial charge in [0.15, 0.2) is 11.5 Å². The number of rotatable bonds is 8. The highest BCUT2D eigenvalue weighted by molar-refractivity contribution is 5.94. The Morgan fingerprint density at radius 1 is 1.08 bits per heavy atom. The topological polar surface area (TPSA) is 116 Å². The quantitative estimate of drug-likeness (QED) is 0.333. The number of hydrogen-bond donors (Lipinski definition) is 1. The van der Waals surface area contributed by atoms with Crippen LogP contribution in [0.15, 0.2) is 73.1 Å². The number of carbonyl (C=O) groups excluding carboxylic acids is 1. The van der Waals surface area contributed by atoms with Crippen molar-refractivity contribution in [2.75, 3.05) is 20.4 Å². The minimum atomic E-state index is -0.211. The summed E-state index contributed by atoms with van der Waals surface area (Å²) in [5, 5.41) is 13.1. The zero-order chi connectivity index (χ0) is 27.2. The Hall–Kier alpha value is -5.36. The van der Waals surface area contributed by atoms with E-state index >= 15 is 0 Å². The van der Waals surface area contributed by atoms with Gasteiger partial charge in [-0.15, -0.1) is 0 Å². The van der Waals surface area contributed by atoms with Crippen molar-refractivity contribution in [1.29, 1.82) is 5.26 Å². The number of hydrogen-bond acceptors (Lipinski definition) is 8. The van der Waals surface area contributed by atoms with E-state index in [9.17, 15) is 10.1 Å². The Kier molecular flexibility index (Phi) is 7.37. The fraction of sp³-hybridized carbons (Fsp3) is 0.133. The predicted octanol–water partition coefficient (Wildman–Crippen LogP) is 5.30. The Labute approximate surface area is 225 Å². The molecule has 0 unspecified atom stereocenters. The molecule has 2 aromatic carbocycles. The second-order valence-corrected chi connectivity index (χ2v) is 8.47. The van der Waals surface area contributed by atoms with E-state index in [2.05, 4.69) is 21.4 Å². The first-order chi connectivity index (χ1) is 19.1. The van der Waals surface area contributed by atoms with Gasteiger partial charge in [-0.05, 0) is 48.9 Å². The van der Waals surface area contributed by atoms with Crippen LogP contribution in [0, 0.1) is 18.3 Å². The van der Waals surface area contributed by atoms with Crippen molar-refractivity contribution in [3.8, 4) is 46.1 Å². The minimum absolute atomic E-state index is 0.144. The zero-order valence-electron chi connectivity index (χ0n) is 21.3. The van der Waals surface area contributed by atoms with Gasteiger partial charge in [0, 0.05) is 47.4 Å². The minimum Gasteiger partial charge on any atom is -0.497 e. The van der Waals surface area contributed by atoms with Crippen LogP contribution in [0.2, 0.25) is 0 Å². The zero-order valence-corrected chi connectivity index (χ0v) is 21.3. The molecule has 9 heteroatoms. The van der Waals surface area contributed by atoms with Crippen molar-refractivity contribution in [2.24, 2.45) is 0 Å². The van der Waals surface area contributed by atoms with E-state index in [1.54, 1.807) is 49.8 Å². The summed E-state index contributed by atoms with van der Waals surface area (Å²) in [7, 11) is 1.60. The third-order valence-corrected chi connectivity index (χ3v) is 6.05. The first kappa shape index (κ1) is 25.3. The van der Waals surface area contributed by atoms with Crippen LogP contribution in [0.25, 0.3) is 17.2 Å². The van der Waals surface area contributed by atoms with Crippen LogP contribution in [-0.4, -0.2) is 36.3 Å². The van der Waals surface area contributed by atoms with Gasteiger partial charge in [-0.1, -0.05) is 24.3 Å². The lowest BCUT2D eigenvalue weighted by atomic mass is 9.94. The molecule has 0 saturated carbocycles. The summed E-state index contributed by atoms with van der Waals surface area (Å²) >= 11 is 0. The molecular weight excluding hydrogens is 496 g/mol. The molecule has 1 aliphatic heterocycles. The number of fused-ring (bicyclic) bond motifs is 1. The number of ether oxygens (including phenoxy) is 4. The number of pyridine rings is 2. The molecular formula is C30H24N4O5. The number of methoxy groups -OCH3 is 1. The molecule has 194 valence electrons. The van der Waals surface area contributed by atoms with Crippen molar-refractivity contribution in [2.45, 2.75) is 6.92 Å². The number of amides is 1. The van der Waals surface area contributed by atoms with E-state index in [-0.39, 0.29) is 30.7 Å². The van der Waals surface area contributed by atoms with Gasteiger partial charge in [-0.2, -0.15) is 5.26 Å². The Morgan fingerprint density at radius 2 is 1.82 bits per heavy atom. The van der Waals surface area contributed by atoms with Crippen molar-refractivity contribution >= 4 is 12.0 Å². The van der Waals surface area contributed by atoms with Crippen LogP contribution in [0.3, 0.4) is 0 Å². The van der Waals surface area contributed by atoms with E-state index in [0.29, 0.717) is 39.8 Å². The molecule has 1 aliphatic rings. The fourth-order valence-corrected chi connectivity index (χ4v) is 4.12. The molecule has 0 fully saturated rings. The lowest BCUT2D eigenvalue weighted by molar-refractivity contribution is 0.0958. The molecule has 3 heterocycles. The normalized spacial score (nSPS) is 11.7. The second-order valence-electron chi connectivity index (χ2n) is 8.47. The monoisotopic (exact) mass is 520 g/mol. The fourth-order valence-electron chi connectivity index (χ4n) is 4.12. The van der Waals surface area contributed by atoms with Gasteiger partial charge in [0.05, 0.1) is 7.11 Å². The van der Waals surface area contributed by atoms with Crippen molar-refractivity contribution < 1.29 is 23.7 Å². The van der Waals surface area contributed by atoms with Gasteiger partial charge in [0.2, 0.25) is 12.7 Å². The number of nitrogens with one attached hydrogen (secondary N) is 1. The van der Waals surface area contributed by atoms with Crippen LogP contribution in [0.5, 0.6) is 28.9 Å². The summed E-state index contributed by atoms with van der Waals surface area (Å²) in [5.41, 5.74) is 3.60. The van der Waals surface area contributed by atoms with Crippen LogP contribution < -0.4 is 24.3 Å². The van der Waals surface area contributed by atoms with Crippen molar-refractivity contribution in [1.82, 2.24) is 15.3 Å². The summed E-state index contributed by atoms with van der Waals surface area (Å²) in [6.45, 7) is 2.27. The summed E-state index contributed by atoms with van der Waals surface area (Å²) < 4.78 is 22.2. The van der Waals surface area contributed by atoms with Crippen molar-refractivity contribution in [3.05, 3.63) is 95.5 Å². The standard InChI is InChI=1S/C30H24N4O5/c1-19-24(4-3-13-33-29(35)21-11-14-32-15-12-21)28(20-5-7-22(36-2)8-6-20)25(17-31)30(34-19)39-23-9-10-26-27(16-23)38-18-37-26/h3-12,14-16H,13,18H2,1-2H3,(H,33,35). The Bertz CT molecular complexity index is 1580. The van der Waals surface area contributed by atoms with Crippen LogP contribution in [0.4, 0.5) is 0 Å². The maximum absolute atomic E-state index is 12.4. The molecule has 0 spiro atoms. The van der Waals surface area contributed by atoms with E-state index in [1.165, 1.54) is 0 Å². The molecule has 2 aromatic heterocycles. The van der Waals surface area contributed by atoms with E-state index in [1.807, 2.05) is 43.3 Å². The number of benzene rings is 2. The highest BCUT2D eigenvalue weighted by atomic mass is 16.7. The molecule has 5 rings (SSSR count). The van der Waals surface area contributed by atoms with Crippen LogP contribution in [0.1, 0.15) is 27.2 Å². The van der Waals surface area contributed by atoms with E-state index < -0.39 is 0 Å². The summed E-state index contributed by atoms with van der Waals surface area (Å²) in [6.07, 6.45) is 6.80. The lowest BCUT2D eigenvalue weighted by Gasteiger charge is -2.16. The summed E-state index contributed by atoms with van der Waals surface area (Å²) in [4.78, 5) is 20.9. The number of carbonyl (C=O) groups is 1. The lowest BCUT2D eigenvalue weighted by Crippen LogP contribution is -2.23. The highest BCUT2D eigenvalue weighted by Gasteiger charge is 2.21. The maximum Gasteiger partial charge on any atom is 0.251 e. The van der Waals surface area contributed by atoms with E-state index in [0.717, 1.165) is 11.1 Å². The number of aromatic nitrogens is 2. The van der Waals surface area contributed by atoms with Gasteiger partial charge < -0.3 is 24.3 Å². The molecule has 0 bridgehead atoms. The van der Waals surface area contributed by atoms with Gasteiger partial charge >= 0.3 is 0 Å². The van der Waals surface area contributed by atoms with Crippen LogP contribution >= 0.6 is 0 Å². The predicted molar refractivity (Wildman–Crippen MR) is 144 cm³/mol. The molecule has 0 atom stereocenters. The van der Waals surface area contributed by atoms with Gasteiger partial charge in [-0.3, -0.25) is 9.78 Å². The second kappa shape index (κ2) is 11.4. The smallest absolute Gasteiger partial charge is 0.251 e. The molecule has 1 N–H and O–H groups in total. The van der Waals surface area contributed by atoms with Gasteiger partial charge in [0.25, 0.3) is 5.91 Å². The Balaban J connectivity index is 1.50.